The van der Waals surface area contributed by atoms with Gasteiger partial charge < -0.3 is 5.32 Å². The normalized spacial score (nSPS) is 15.3. The first kappa shape index (κ1) is 18.1. The number of nitrogens with zero attached hydrogens (tertiary/aromatic N) is 2. The van der Waals surface area contributed by atoms with Gasteiger partial charge in [-0.15, -0.1) is 0 Å². The van der Waals surface area contributed by atoms with Gasteiger partial charge in [0.15, 0.2) is 0 Å². The number of aryl methyl sites for hydroxylation is 1. The summed E-state index contributed by atoms with van der Waals surface area (Å²) in [4.78, 5) is 39.9. The Hall–Kier alpha value is -2.67. The average molecular weight is 356 g/mol. The number of aromatic amines is 1. The number of rotatable bonds is 5. The largest absolute Gasteiger partial charge is 0.351 e. The van der Waals surface area contributed by atoms with E-state index >= 15 is 0 Å². The molecule has 0 bridgehead atoms. The van der Waals surface area contributed by atoms with Gasteiger partial charge in [-0.1, -0.05) is 24.3 Å². The van der Waals surface area contributed by atoms with Crippen molar-refractivity contribution in [2.75, 3.05) is 13.1 Å². The van der Waals surface area contributed by atoms with E-state index in [2.05, 4.69) is 39.5 Å². The van der Waals surface area contributed by atoms with Crippen molar-refractivity contribution in [3.05, 3.63) is 68.0 Å². The molecular formula is C19H24N4O3. The summed E-state index contributed by atoms with van der Waals surface area (Å²) in [6.07, 6.45) is 2.43. The molecule has 1 aliphatic heterocycles. The Kier molecular flexibility index (Phi) is 5.37. The molecule has 26 heavy (non-hydrogen) atoms. The molecule has 1 aliphatic rings. The molecule has 0 radical (unpaired) electrons. The lowest BCUT2D eigenvalue weighted by molar-refractivity contribution is -0.122. The van der Waals surface area contributed by atoms with E-state index in [1.165, 1.54) is 21.9 Å². The Morgan fingerprint density at radius 3 is 2.77 bits per heavy atom. The van der Waals surface area contributed by atoms with E-state index in [1.54, 1.807) is 6.92 Å². The minimum absolute atomic E-state index is 0.0349. The molecule has 1 atom stereocenters. The van der Waals surface area contributed by atoms with Crippen LogP contribution >= 0.6 is 0 Å². The van der Waals surface area contributed by atoms with Crippen LogP contribution in [0.15, 0.2) is 40.1 Å². The maximum Gasteiger partial charge on any atom is 0.328 e. The molecule has 7 nitrogen and oxygen atoms in total. The molecule has 1 aromatic heterocycles. The smallest absolute Gasteiger partial charge is 0.328 e. The molecule has 138 valence electrons. The lowest BCUT2D eigenvalue weighted by Crippen LogP contribution is -2.45. The molecule has 0 fully saturated rings. The number of benzene rings is 1. The number of amides is 1. The molecule has 2 heterocycles. The summed E-state index contributed by atoms with van der Waals surface area (Å²) in [5.41, 5.74) is 2.14. The van der Waals surface area contributed by atoms with Gasteiger partial charge in [0.05, 0.1) is 0 Å². The van der Waals surface area contributed by atoms with E-state index in [1.807, 2.05) is 6.92 Å². The molecule has 2 aromatic rings. The maximum absolute atomic E-state index is 12.2. The van der Waals surface area contributed by atoms with E-state index < -0.39 is 11.2 Å². The van der Waals surface area contributed by atoms with E-state index in [0.29, 0.717) is 5.56 Å². The lowest BCUT2D eigenvalue weighted by Gasteiger charge is -2.31. The second-order valence-electron chi connectivity index (χ2n) is 6.92. The number of H-pyrrole nitrogens is 1. The highest BCUT2D eigenvalue weighted by atomic mass is 16.2. The fourth-order valence-corrected chi connectivity index (χ4v) is 3.35. The van der Waals surface area contributed by atoms with Gasteiger partial charge in [-0.25, -0.2) is 4.79 Å². The summed E-state index contributed by atoms with van der Waals surface area (Å²) in [5.74, 6) is -0.247. The molecule has 0 aliphatic carbocycles. The third-order valence-electron chi connectivity index (χ3n) is 4.65. The first-order valence-electron chi connectivity index (χ1n) is 8.81. The topological polar surface area (TPSA) is 87.2 Å². The van der Waals surface area contributed by atoms with E-state index in [9.17, 15) is 14.4 Å². The number of hydrogen-bond donors (Lipinski definition) is 2. The summed E-state index contributed by atoms with van der Waals surface area (Å²) in [5, 5.41) is 2.93. The van der Waals surface area contributed by atoms with Crippen molar-refractivity contribution >= 4 is 5.91 Å². The second-order valence-corrected chi connectivity index (χ2v) is 6.92. The molecular weight excluding hydrogens is 332 g/mol. The summed E-state index contributed by atoms with van der Waals surface area (Å²) in [7, 11) is 0. The van der Waals surface area contributed by atoms with Gasteiger partial charge in [0.25, 0.3) is 5.56 Å². The Balaban J connectivity index is 1.54. The summed E-state index contributed by atoms with van der Waals surface area (Å²) >= 11 is 0. The molecule has 7 heteroatoms. The van der Waals surface area contributed by atoms with Gasteiger partial charge >= 0.3 is 5.69 Å². The van der Waals surface area contributed by atoms with Crippen LogP contribution in [0.2, 0.25) is 0 Å². The van der Waals surface area contributed by atoms with Gasteiger partial charge in [-0.2, -0.15) is 0 Å². The molecule has 0 saturated heterocycles. The highest BCUT2D eigenvalue weighted by Gasteiger charge is 2.18. The zero-order chi connectivity index (χ0) is 18.7. The number of aromatic nitrogens is 2. The third-order valence-corrected chi connectivity index (χ3v) is 4.65. The highest BCUT2D eigenvalue weighted by molar-refractivity contribution is 5.76. The van der Waals surface area contributed by atoms with E-state index in [-0.39, 0.29) is 18.5 Å². The first-order chi connectivity index (χ1) is 12.4. The first-order valence-corrected chi connectivity index (χ1v) is 8.81. The molecule has 1 unspecified atom stereocenters. The molecule has 1 amide bonds. The van der Waals surface area contributed by atoms with Crippen LogP contribution < -0.4 is 16.6 Å². The zero-order valence-corrected chi connectivity index (χ0v) is 15.1. The summed E-state index contributed by atoms with van der Waals surface area (Å²) in [6, 6.07) is 8.40. The van der Waals surface area contributed by atoms with Gasteiger partial charge in [-0.05, 0) is 31.4 Å². The standard InChI is InChI=1S/C19H24N4O3/c1-13-9-23(19(26)21-18(13)25)12-17(24)20-14(2)10-22-8-7-15-5-3-4-6-16(15)11-22/h3-6,9,14H,7-8,10-12H2,1-2H3,(H,20,24)(H,21,25,26). The van der Waals surface area contributed by atoms with Crippen LogP contribution in [-0.2, 0) is 24.3 Å². The Labute approximate surface area is 151 Å². The van der Waals surface area contributed by atoms with Crippen LogP contribution in [0.4, 0.5) is 0 Å². The minimum atomic E-state index is -0.573. The third kappa shape index (κ3) is 4.29. The number of nitrogens with one attached hydrogen (secondary N) is 2. The number of carbonyl (C=O) groups is 1. The van der Waals surface area contributed by atoms with Crippen LogP contribution in [0, 0.1) is 6.92 Å². The Bertz CT molecular complexity index is 915. The molecule has 0 saturated carbocycles. The Morgan fingerprint density at radius 1 is 1.27 bits per heavy atom. The van der Waals surface area contributed by atoms with Crippen LogP contribution in [0.1, 0.15) is 23.6 Å². The second kappa shape index (κ2) is 7.70. The van der Waals surface area contributed by atoms with Crippen molar-refractivity contribution < 1.29 is 4.79 Å². The van der Waals surface area contributed by atoms with Crippen molar-refractivity contribution in [3.63, 3.8) is 0 Å². The number of carbonyl (C=O) groups excluding carboxylic acids is 1. The minimum Gasteiger partial charge on any atom is -0.351 e. The van der Waals surface area contributed by atoms with Crippen LogP contribution in [0.3, 0.4) is 0 Å². The SMILES string of the molecule is Cc1cn(CC(=O)NC(C)CN2CCc3ccccc3C2)c(=O)[nH]c1=O. The van der Waals surface area contributed by atoms with Crippen molar-refractivity contribution in [2.45, 2.75) is 39.4 Å². The van der Waals surface area contributed by atoms with Gasteiger partial charge in [-0.3, -0.25) is 24.0 Å². The quantitative estimate of drug-likeness (QED) is 0.812. The monoisotopic (exact) mass is 356 g/mol. The van der Waals surface area contributed by atoms with Gasteiger partial charge in [0.2, 0.25) is 5.91 Å². The van der Waals surface area contributed by atoms with Crippen molar-refractivity contribution in [1.29, 1.82) is 0 Å². The van der Waals surface area contributed by atoms with Crippen molar-refractivity contribution in [2.24, 2.45) is 0 Å². The number of fused-ring (bicyclic) bond motifs is 1. The molecule has 0 spiro atoms. The molecule has 2 N–H and O–H groups in total. The van der Waals surface area contributed by atoms with Crippen LogP contribution in [0.25, 0.3) is 0 Å². The fourth-order valence-electron chi connectivity index (χ4n) is 3.35. The highest BCUT2D eigenvalue weighted by Crippen LogP contribution is 2.18. The van der Waals surface area contributed by atoms with E-state index in [4.69, 9.17) is 0 Å². The van der Waals surface area contributed by atoms with Gasteiger partial charge in [0, 0.05) is 37.4 Å². The van der Waals surface area contributed by atoms with Crippen LogP contribution in [0.5, 0.6) is 0 Å². The van der Waals surface area contributed by atoms with Crippen LogP contribution in [-0.4, -0.2) is 39.5 Å². The van der Waals surface area contributed by atoms with Crippen molar-refractivity contribution in [3.8, 4) is 0 Å². The van der Waals surface area contributed by atoms with E-state index in [0.717, 1.165) is 26.1 Å². The van der Waals surface area contributed by atoms with Crippen molar-refractivity contribution in [1.82, 2.24) is 19.8 Å². The predicted molar refractivity (Wildman–Crippen MR) is 99.1 cm³/mol. The number of hydrogen-bond acceptors (Lipinski definition) is 4. The summed E-state index contributed by atoms with van der Waals surface area (Å²) < 4.78 is 1.22. The predicted octanol–water partition coefficient (Wildman–Crippen LogP) is 0.408. The molecule has 1 aromatic carbocycles. The average Bonchev–Trinajstić information content (AvgIpc) is 2.59. The zero-order valence-electron chi connectivity index (χ0n) is 15.1. The van der Waals surface area contributed by atoms with Gasteiger partial charge in [0.1, 0.15) is 6.54 Å². The molecule has 3 rings (SSSR count). The fraction of sp³-hybridized carbons (Fsp3) is 0.421. The Morgan fingerprint density at radius 2 is 2.00 bits per heavy atom. The maximum atomic E-state index is 12.2. The summed E-state index contributed by atoms with van der Waals surface area (Å²) in [6.45, 7) is 6.05. The lowest BCUT2D eigenvalue weighted by atomic mass is 10.00.